The summed E-state index contributed by atoms with van der Waals surface area (Å²) >= 11 is 0. The number of rotatable bonds is 3. The molecule has 1 heterocycles. The molecule has 21 heavy (non-hydrogen) atoms. The average Bonchev–Trinajstić information content (AvgIpc) is 2.93. The lowest BCUT2D eigenvalue weighted by Crippen LogP contribution is -2.18. The highest BCUT2D eigenvalue weighted by atomic mass is 16.5. The third-order valence-corrected chi connectivity index (χ3v) is 3.56. The van der Waals surface area contributed by atoms with Gasteiger partial charge < -0.3 is 9.30 Å². The van der Waals surface area contributed by atoms with E-state index < -0.39 is 6.04 Å². The maximum atomic E-state index is 12.0. The zero-order valence-electron chi connectivity index (χ0n) is 12.0. The highest BCUT2D eigenvalue weighted by molar-refractivity contribution is 5.84. The maximum absolute atomic E-state index is 12.0. The van der Waals surface area contributed by atoms with Crippen molar-refractivity contribution < 1.29 is 9.53 Å². The van der Waals surface area contributed by atoms with Crippen molar-refractivity contribution in [3.8, 4) is 11.4 Å². The molecule has 0 N–H and O–H groups in total. The lowest BCUT2D eigenvalue weighted by Gasteiger charge is -2.15. The zero-order chi connectivity index (χ0) is 14.8. The molecule has 3 aromatic rings. The van der Waals surface area contributed by atoms with Gasteiger partial charge in [-0.1, -0.05) is 42.5 Å². The van der Waals surface area contributed by atoms with E-state index in [9.17, 15) is 4.79 Å². The summed E-state index contributed by atoms with van der Waals surface area (Å²) in [4.78, 5) is 16.6. The Morgan fingerprint density at radius 1 is 1.10 bits per heavy atom. The van der Waals surface area contributed by atoms with Gasteiger partial charge in [0.05, 0.1) is 18.1 Å². The molecule has 0 spiro atoms. The van der Waals surface area contributed by atoms with Crippen molar-refractivity contribution in [1.29, 1.82) is 0 Å². The number of para-hydroxylation sites is 2. The molecule has 4 heteroatoms. The molecular formula is C17H16N2O2. The van der Waals surface area contributed by atoms with E-state index in [1.807, 2.05) is 66.1 Å². The van der Waals surface area contributed by atoms with Gasteiger partial charge in [-0.2, -0.15) is 0 Å². The summed E-state index contributed by atoms with van der Waals surface area (Å²) in [5.74, 6) is 0.491. The van der Waals surface area contributed by atoms with Crippen LogP contribution in [0.15, 0.2) is 54.6 Å². The first-order valence-corrected chi connectivity index (χ1v) is 6.82. The number of nitrogens with zero attached hydrogens (tertiary/aromatic N) is 2. The first-order valence-electron chi connectivity index (χ1n) is 6.82. The van der Waals surface area contributed by atoms with Crippen molar-refractivity contribution >= 4 is 17.0 Å². The lowest BCUT2D eigenvalue weighted by atomic mass is 10.2. The summed E-state index contributed by atoms with van der Waals surface area (Å²) in [5.41, 5.74) is 2.77. The van der Waals surface area contributed by atoms with E-state index in [0.29, 0.717) is 0 Å². The topological polar surface area (TPSA) is 44.1 Å². The molecule has 0 saturated carbocycles. The maximum Gasteiger partial charge on any atom is 0.328 e. The van der Waals surface area contributed by atoms with Crippen molar-refractivity contribution in [3.63, 3.8) is 0 Å². The van der Waals surface area contributed by atoms with E-state index in [4.69, 9.17) is 4.74 Å². The van der Waals surface area contributed by atoms with Crippen molar-refractivity contribution in [3.05, 3.63) is 54.6 Å². The summed E-state index contributed by atoms with van der Waals surface area (Å²) in [6.07, 6.45) is 0. The number of carbonyl (C=O) groups excluding carboxylic acids is 1. The minimum absolute atomic E-state index is 0.282. The van der Waals surface area contributed by atoms with Crippen LogP contribution in [-0.2, 0) is 9.53 Å². The van der Waals surface area contributed by atoms with E-state index in [1.54, 1.807) is 0 Å². The van der Waals surface area contributed by atoms with Gasteiger partial charge >= 0.3 is 5.97 Å². The lowest BCUT2D eigenvalue weighted by molar-refractivity contribution is -0.143. The van der Waals surface area contributed by atoms with Gasteiger partial charge in [-0.3, -0.25) is 0 Å². The molecule has 0 amide bonds. The van der Waals surface area contributed by atoms with Crippen LogP contribution in [0.5, 0.6) is 0 Å². The Morgan fingerprint density at radius 2 is 1.76 bits per heavy atom. The molecule has 0 saturated heterocycles. The van der Waals surface area contributed by atoms with Crippen molar-refractivity contribution in [2.45, 2.75) is 13.0 Å². The quantitative estimate of drug-likeness (QED) is 0.690. The Hall–Kier alpha value is -2.62. The molecule has 2 aromatic carbocycles. The molecule has 1 unspecified atom stereocenters. The molecule has 0 radical (unpaired) electrons. The minimum atomic E-state index is -0.433. The van der Waals surface area contributed by atoms with Gasteiger partial charge in [-0.15, -0.1) is 0 Å². The molecule has 0 aliphatic heterocycles. The third kappa shape index (κ3) is 2.29. The van der Waals surface area contributed by atoms with E-state index >= 15 is 0 Å². The fourth-order valence-electron chi connectivity index (χ4n) is 2.50. The standard InChI is InChI=1S/C17H16N2O2/c1-12(17(20)21-2)19-15-11-7-6-10-14(15)18-16(19)13-8-4-3-5-9-13/h3-12H,1-2H3. The summed E-state index contributed by atoms with van der Waals surface area (Å²) in [6, 6.07) is 17.2. The monoisotopic (exact) mass is 280 g/mol. The summed E-state index contributed by atoms with van der Waals surface area (Å²) in [5, 5.41) is 0. The number of imidazole rings is 1. The Balaban J connectivity index is 2.26. The number of ether oxygens (including phenoxy) is 1. The SMILES string of the molecule is COC(=O)C(C)n1c(-c2ccccc2)nc2ccccc21. The summed E-state index contributed by atoms with van der Waals surface area (Å²) < 4.78 is 6.82. The van der Waals surface area contributed by atoms with Crippen molar-refractivity contribution in [2.24, 2.45) is 0 Å². The third-order valence-electron chi connectivity index (χ3n) is 3.56. The Kier molecular flexibility index (Phi) is 3.44. The summed E-state index contributed by atoms with van der Waals surface area (Å²) in [7, 11) is 1.40. The second kappa shape index (κ2) is 5.40. The number of esters is 1. The Labute approximate surface area is 123 Å². The molecule has 3 rings (SSSR count). The highest BCUT2D eigenvalue weighted by Crippen LogP contribution is 2.28. The summed E-state index contributed by atoms with van der Waals surface area (Å²) in [6.45, 7) is 1.83. The first-order chi connectivity index (χ1) is 10.2. The number of hydrogen-bond acceptors (Lipinski definition) is 3. The van der Waals surface area contributed by atoms with Crippen molar-refractivity contribution in [2.75, 3.05) is 7.11 Å². The van der Waals surface area contributed by atoms with Gasteiger partial charge in [-0.25, -0.2) is 9.78 Å². The molecule has 1 aromatic heterocycles. The fourth-order valence-corrected chi connectivity index (χ4v) is 2.50. The highest BCUT2D eigenvalue weighted by Gasteiger charge is 2.22. The van der Waals surface area contributed by atoms with Crippen LogP contribution in [0.3, 0.4) is 0 Å². The smallest absolute Gasteiger partial charge is 0.328 e. The number of carbonyl (C=O) groups is 1. The van der Waals surface area contributed by atoms with Crippen molar-refractivity contribution in [1.82, 2.24) is 9.55 Å². The molecule has 0 fully saturated rings. The Bertz CT molecular complexity index is 778. The van der Waals surface area contributed by atoms with Gasteiger partial charge in [-0.05, 0) is 19.1 Å². The molecule has 1 atom stereocenters. The fraction of sp³-hybridized carbons (Fsp3) is 0.176. The number of benzene rings is 2. The van der Waals surface area contributed by atoms with Gasteiger partial charge in [0, 0.05) is 5.56 Å². The van der Waals surface area contributed by atoms with E-state index in [0.717, 1.165) is 22.4 Å². The molecule has 0 bridgehead atoms. The number of fused-ring (bicyclic) bond motifs is 1. The molecule has 0 aliphatic carbocycles. The predicted octanol–water partition coefficient (Wildman–Crippen LogP) is 3.44. The van der Waals surface area contributed by atoms with E-state index in [2.05, 4.69) is 4.98 Å². The van der Waals surface area contributed by atoms with Gasteiger partial charge in [0.25, 0.3) is 0 Å². The minimum Gasteiger partial charge on any atom is -0.467 e. The second-order valence-corrected chi connectivity index (χ2v) is 4.86. The van der Waals surface area contributed by atoms with Crippen LogP contribution < -0.4 is 0 Å². The van der Waals surface area contributed by atoms with Gasteiger partial charge in [0.15, 0.2) is 0 Å². The number of methoxy groups -OCH3 is 1. The first kappa shape index (κ1) is 13.4. The molecule has 106 valence electrons. The average molecular weight is 280 g/mol. The number of hydrogen-bond donors (Lipinski definition) is 0. The normalized spacial score (nSPS) is 12.3. The van der Waals surface area contributed by atoms with Crippen LogP contribution in [0, 0.1) is 0 Å². The molecule has 4 nitrogen and oxygen atoms in total. The number of aromatic nitrogens is 2. The largest absolute Gasteiger partial charge is 0.467 e. The predicted molar refractivity (Wildman–Crippen MR) is 81.9 cm³/mol. The van der Waals surface area contributed by atoms with Crippen LogP contribution in [0.4, 0.5) is 0 Å². The Morgan fingerprint density at radius 3 is 2.48 bits per heavy atom. The van der Waals surface area contributed by atoms with Crippen LogP contribution in [0.1, 0.15) is 13.0 Å². The van der Waals surface area contributed by atoms with Crippen LogP contribution in [-0.4, -0.2) is 22.6 Å². The van der Waals surface area contributed by atoms with Crippen LogP contribution in [0.2, 0.25) is 0 Å². The molecule has 0 aliphatic rings. The van der Waals surface area contributed by atoms with Crippen LogP contribution in [0.25, 0.3) is 22.4 Å². The second-order valence-electron chi connectivity index (χ2n) is 4.86. The van der Waals surface area contributed by atoms with E-state index in [1.165, 1.54) is 7.11 Å². The van der Waals surface area contributed by atoms with Gasteiger partial charge in [0.2, 0.25) is 0 Å². The molecular weight excluding hydrogens is 264 g/mol. The van der Waals surface area contributed by atoms with Crippen LogP contribution >= 0.6 is 0 Å². The zero-order valence-corrected chi connectivity index (χ0v) is 12.0. The van der Waals surface area contributed by atoms with E-state index in [-0.39, 0.29) is 5.97 Å². The van der Waals surface area contributed by atoms with Gasteiger partial charge in [0.1, 0.15) is 11.9 Å².